The van der Waals surface area contributed by atoms with E-state index in [1.54, 1.807) is 0 Å². The number of nitrogens with one attached hydrogen (secondary N) is 1. The smallest absolute Gasteiger partial charge is 0.406 e. The number of nitrogens with zero attached hydrogens (tertiary/aromatic N) is 1. The molecule has 0 heterocycles. The number of hydrogen-bond acceptors (Lipinski definition) is 3. The van der Waals surface area contributed by atoms with Crippen molar-refractivity contribution in [1.29, 1.82) is 0 Å². The summed E-state index contributed by atoms with van der Waals surface area (Å²) in [6.07, 6.45) is -4.46. The molecule has 5 nitrogen and oxygen atoms in total. The SMILES string of the molecule is COCCOc1ccc(NC(=O)N(C)CC(F)(F)F)cc1Cl. The third kappa shape index (κ3) is 6.40. The van der Waals surface area contributed by atoms with Crippen molar-refractivity contribution >= 4 is 23.3 Å². The molecule has 0 radical (unpaired) electrons. The summed E-state index contributed by atoms with van der Waals surface area (Å²) in [5.41, 5.74) is 0.267. The number of rotatable bonds is 6. The van der Waals surface area contributed by atoms with Crippen LogP contribution in [0.2, 0.25) is 5.02 Å². The fourth-order valence-corrected chi connectivity index (χ4v) is 1.73. The number of carbonyl (C=O) groups is 1. The lowest BCUT2D eigenvalue weighted by Crippen LogP contribution is -2.38. The number of urea groups is 1. The van der Waals surface area contributed by atoms with E-state index in [0.29, 0.717) is 23.9 Å². The fraction of sp³-hybridized carbons (Fsp3) is 0.462. The molecule has 0 bridgehead atoms. The minimum Gasteiger partial charge on any atom is -0.490 e. The van der Waals surface area contributed by atoms with Crippen molar-refractivity contribution in [3.05, 3.63) is 23.2 Å². The fourth-order valence-electron chi connectivity index (χ4n) is 1.49. The first-order valence-electron chi connectivity index (χ1n) is 6.23. The second kappa shape index (κ2) is 8.09. The molecule has 22 heavy (non-hydrogen) atoms. The van der Waals surface area contributed by atoms with Crippen molar-refractivity contribution < 1.29 is 27.4 Å². The minimum absolute atomic E-state index is 0.229. The molecule has 0 fully saturated rings. The highest BCUT2D eigenvalue weighted by Gasteiger charge is 2.31. The average molecular weight is 341 g/mol. The molecule has 0 atom stereocenters. The molecule has 0 spiro atoms. The van der Waals surface area contributed by atoms with Gasteiger partial charge in [0, 0.05) is 19.8 Å². The summed E-state index contributed by atoms with van der Waals surface area (Å²) in [6, 6.07) is 3.50. The molecule has 1 rings (SSSR count). The normalized spacial score (nSPS) is 11.2. The summed E-state index contributed by atoms with van der Waals surface area (Å²) < 4.78 is 46.7. The van der Waals surface area contributed by atoms with E-state index in [9.17, 15) is 18.0 Å². The van der Waals surface area contributed by atoms with Crippen molar-refractivity contribution in [3.8, 4) is 5.75 Å². The number of amides is 2. The van der Waals surface area contributed by atoms with Gasteiger partial charge in [-0.1, -0.05) is 11.6 Å². The zero-order valence-electron chi connectivity index (χ0n) is 12.0. The van der Waals surface area contributed by atoms with Crippen molar-refractivity contribution in [2.45, 2.75) is 6.18 Å². The van der Waals surface area contributed by atoms with Gasteiger partial charge in [0.25, 0.3) is 0 Å². The van der Waals surface area contributed by atoms with Gasteiger partial charge in [-0.15, -0.1) is 0 Å². The highest BCUT2D eigenvalue weighted by Crippen LogP contribution is 2.28. The van der Waals surface area contributed by atoms with Gasteiger partial charge in [0.05, 0.1) is 11.6 Å². The number of ether oxygens (including phenoxy) is 2. The number of benzene rings is 1. The Bertz CT molecular complexity index is 512. The second-order valence-corrected chi connectivity index (χ2v) is 4.80. The van der Waals surface area contributed by atoms with E-state index in [1.807, 2.05) is 0 Å². The Kier molecular flexibility index (Phi) is 6.76. The maximum absolute atomic E-state index is 12.2. The number of methoxy groups -OCH3 is 1. The van der Waals surface area contributed by atoms with Gasteiger partial charge < -0.3 is 19.7 Å². The lowest BCUT2D eigenvalue weighted by molar-refractivity contribution is -0.137. The Morgan fingerprint density at radius 3 is 2.59 bits per heavy atom. The maximum Gasteiger partial charge on any atom is 0.406 e. The zero-order chi connectivity index (χ0) is 16.8. The van der Waals surface area contributed by atoms with Crippen LogP contribution < -0.4 is 10.1 Å². The standard InChI is InChI=1S/C13H16ClF3N2O3/c1-19(8-13(15,16)17)12(20)18-9-3-4-11(10(14)7-9)22-6-5-21-2/h3-4,7H,5-6,8H2,1-2H3,(H,18,20). The van der Waals surface area contributed by atoms with Gasteiger partial charge in [-0.3, -0.25) is 0 Å². The molecule has 0 aliphatic rings. The Morgan fingerprint density at radius 2 is 2.05 bits per heavy atom. The third-order valence-electron chi connectivity index (χ3n) is 2.49. The van der Waals surface area contributed by atoms with Gasteiger partial charge in [-0.05, 0) is 18.2 Å². The predicted molar refractivity (Wildman–Crippen MR) is 76.5 cm³/mol. The minimum atomic E-state index is -4.46. The molecule has 124 valence electrons. The van der Waals surface area contributed by atoms with Crippen LogP contribution in [0.25, 0.3) is 0 Å². The van der Waals surface area contributed by atoms with Crippen LogP contribution in [-0.2, 0) is 4.74 Å². The van der Waals surface area contributed by atoms with Crippen LogP contribution in [0, 0.1) is 0 Å². The number of anilines is 1. The van der Waals surface area contributed by atoms with Crippen molar-refractivity contribution in [2.24, 2.45) is 0 Å². The zero-order valence-corrected chi connectivity index (χ0v) is 12.8. The van der Waals surface area contributed by atoms with Gasteiger partial charge in [0.2, 0.25) is 0 Å². The maximum atomic E-state index is 12.2. The van der Waals surface area contributed by atoms with Crippen molar-refractivity contribution in [2.75, 3.05) is 39.2 Å². The quantitative estimate of drug-likeness (QED) is 0.808. The topological polar surface area (TPSA) is 50.8 Å². The molecular weight excluding hydrogens is 325 g/mol. The lowest BCUT2D eigenvalue weighted by atomic mass is 10.3. The lowest BCUT2D eigenvalue weighted by Gasteiger charge is -2.19. The summed E-state index contributed by atoms with van der Waals surface area (Å²) in [4.78, 5) is 12.1. The van der Waals surface area contributed by atoms with Crippen LogP contribution in [0.5, 0.6) is 5.75 Å². The van der Waals surface area contributed by atoms with E-state index < -0.39 is 18.8 Å². The molecule has 1 N–H and O–H groups in total. The molecule has 9 heteroatoms. The summed E-state index contributed by atoms with van der Waals surface area (Å²) in [7, 11) is 2.58. The Hall–Kier alpha value is -1.67. The number of halogens is 4. The van der Waals surface area contributed by atoms with Crippen molar-refractivity contribution in [1.82, 2.24) is 4.90 Å². The number of carbonyl (C=O) groups excluding carboxylic acids is 1. The molecule has 0 saturated heterocycles. The van der Waals surface area contributed by atoms with Crippen LogP contribution >= 0.6 is 11.6 Å². The van der Waals surface area contributed by atoms with Crippen LogP contribution in [0.15, 0.2) is 18.2 Å². The predicted octanol–water partition coefficient (Wildman–Crippen LogP) is 3.39. The van der Waals surface area contributed by atoms with E-state index in [2.05, 4.69) is 5.32 Å². The highest BCUT2D eigenvalue weighted by atomic mass is 35.5. The summed E-state index contributed by atoms with van der Waals surface area (Å²) in [5.74, 6) is 0.389. The van der Waals surface area contributed by atoms with E-state index in [4.69, 9.17) is 21.1 Å². The Morgan fingerprint density at radius 1 is 1.36 bits per heavy atom. The molecule has 0 aliphatic heterocycles. The molecule has 0 saturated carbocycles. The molecular formula is C13H16ClF3N2O3. The Balaban J connectivity index is 2.63. The van der Waals surface area contributed by atoms with Crippen LogP contribution in [0.1, 0.15) is 0 Å². The Labute approximate surface area is 130 Å². The van der Waals surface area contributed by atoms with Crippen molar-refractivity contribution in [3.63, 3.8) is 0 Å². The van der Waals surface area contributed by atoms with Crippen LogP contribution in [0.3, 0.4) is 0 Å². The van der Waals surface area contributed by atoms with Gasteiger partial charge in [-0.2, -0.15) is 13.2 Å². The largest absolute Gasteiger partial charge is 0.490 e. The number of hydrogen-bond donors (Lipinski definition) is 1. The number of alkyl halides is 3. The molecule has 0 aromatic heterocycles. The van der Waals surface area contributed by atoms with E-state index in [-0.39, 0.29) is 10.7 Å². The summed E-state index contributed by atoms with van der Waals surface area (Å²) >= 11 is 5.97. The van der Waals surface area contributed by atoms with E-state index in [1.165, 1.54) is 25.3 Å². The van der Waals surface area contributed by atoms with E-state index in [0.717, 1.165) is 7.05 Å². The van der Waals surface area contributed by atoms with Gasteiger partial charge in [0.15, 0.2) is 0 Å². The molecule has 2 amide bonds. The summed E-state index contributed by atoms with van der Waals surface area (Å²) in [5, 5.41) is 2.55. The van der Waals surface area contributed by atoms with Crippen LogP contribution in [-0.4, -0.2) is 51.0 Å². The van der Waals surface area contributed by atoms with Crippen LogP contribution in [0.4, 0.5) is 23.7 Å². The van der Waals surface area contributed by atoms with Gasteiger partial charge in [-0.25, -0.2) is 4.79 Å². The molecule has 1 aromatic carbocycles. The first-order valence-corrected chi connectivity index (χ1v) is 6.61. The van der Waals surface area contributed by atoms with Gasteiger partial charge in [0.1, 0.15) is 18.9 Å². The molecule has 1 aromatic rings. The highest BCUT2D eigenvalue weighted by molar-refractivity contribution is 6.32. The molecule has 0 aliphatic carbocycles. The monoisotopic (exact) mass is 340 g/mol. The second-order valence-electron chi connectivity index (χ2n) is 4.39. The van der Waals surface area contributed by atoms with Gasteiger partial charge >= 0.3 is 12.2 Å². The first kappa shape index (κ1) is 18.4. The third-order valence-corrected chi connectivity index (χ3v) is 2.79. The van der Waals surface area contributed by atoms with E-state index >= 15 is 0 Å². The average Bonchev–Trinajstić information content (AvgIpc) is 2.39. The molecule has 0 unspecified atom stereocenters. The summed E-state index contributed by atoms with van der Waals surface area (Å²) in [6.45, 7) is -0.655. The first-order chi connectivity index (χ1) is 10.2.